The standard InChI is InChI=1S/C24H20ClN5O5S/c25-16-9-13(21(31)26-10-14-3-1-4-17-20(14)29-12-28-17)6-7-15(16)22(32)30-18(24(34)35)11-27-23(33)19-5-2-8-36-19/h1-9,12,18H,10-11H2,(H,26,31)(H,27,33)(H,28,29)(H,30,32)(H,34,35)/t18-/m0/s1. The summed E-state index contributed by atoms with van der Waals surface area (Å²) >= 11 is 7.45. The van der Waals surface area contributed by atoms with Crippen LogP contribution in [0.15, 0.2) is 60.2 Å². The number of aromatic nitrogens is 2. The van der Waals surface area contributed by atoms with Gasteiger partial charge in [-0.05, 0) is 41.3 Å². The Bertz CT molecular complexity index is 1440. The molecule has 0 fully saturated rings. The molecule has 0 saturated carbocycles. The maximum atomic E-state index is 12.7. The largest absolute Gasteiger partial charge is 0.480 e. The topological polar surface area (TPSA) is 153 Å². The molecule has 0 spiro atoms. The number of nitrogens with zero attached hydrogens (tertiary/aromatic N) is 1. The molecule has 2 heterocycles. The highest BCUT2D eigenvalue weighted by Crippen LogP contribution is 2.19. The Morgan fingerprint density at radius 2 is 1.86 bits per heavy atom. The first kappa shape index (κ1) is 24.9. The molecule has 5 N–H and O–H groups in total. The average molecular weight is 526 g/mol. The number of amides is 3. The van der Waals surface area contributed by atoms with Crippen LogP contribution in [0.2, 0.25) is 5.02 Å². The van der Waals surface area contributed by atoms with Crippen molar-refractivity contribution in [1.82, 2.24) is 25.9 Å². The van der Waals surface area contributed by atoms with Crippen LogP contribution in [0.1, 0.15) is 36.0 Å². The zero-order valence-electron chi connectivity index (χ0n) is 18.6. The number of rotatable bonds is 9. The number of hydrogen-bond acceptors (Lipinski definition) is 6. The number of carboxylic acid groups (broad SMARTS) is 1. The Morgan fingerprint density at radius 3 is 2.58 bits per heavy atom. The van der Waals surface area contributed by atoms with Crippen LogP contribution in [0.4, 0.5) is 0 Å². The lowest BCUT2D eigenvalue weighted by atomic mass is 10.1. The number of benzene rings is 2. The summed E-state index contributed by atoms with van der Waals surface area (Å²) in [5, 5.41) is 18.8. The molecule has 1 atom stereocenters. The number of halogens is 1. The summed E-state index contributed by atoms with van der Waals surface area (Å²) in [5.41, 5.74) is 2.65. The van der Waals surface area contributed by atoms with E-state index in [1.165, 1.54) is 29.5 Å². The van der Waals surface area contributed by atoms with Crippen LogP contribution in [-0.2, 0) is 11.3 Å². The summed E-state index contributed by atoms with van der Waals surface area (Å²) in [6.45, 7) is -0.0863. The van der Waals surface area contributed by atoms with E-state index in [0.29, 0.717) is 4.88 Å². The van der Waals surface area contributed by atoms with Gasteiger partial charge in [-0.15, -0.1) is 11.3 Å². The molecular weight excluding hydrogens is 506 g/mol. The summed E-state index contributed by atoms with van der Waals surface area (Å²) in [7, 11) is 0. The molecule has 4 rings (SSSR count). The number of nitrogens with one attached hydrogen (secondary N) is 4. The minimum absolute atomic E-state index is 0.00894. The fourth-order valence-electron chi connectivity index (χ4n) is 3.41. The number of aromatic amines is 1. The van der Waals surface area contributed by atoms with E-state index in [1.54, 1.807) is 23.8 Å². The van der Waals surface area contributed by atoms with E-state index in [2.05, 4.69) is 25.9 Å². The van der Waals surface area contributed by atoms with E-state index in [-0.39, 0.29) is 29.2 Å². The fourth-order valence-corrected chi connectivity index (χ4v) is 4.32. The van der Waals surface area contributed by atoms with Gasteiger partial charge >= 0.3 is 5.97 Å². The van der Waals surface area contributed by atoms with Crippen LogP contribution in [0, 0.1) is 0 Å². The Balaban J connectivity index is 1.37. The molecule has 12 heteroatoms. The zero-order chi connectivity index (χ0) is 25.7. The van der Waals surface area contributed by atoms with E-state index in [0.717, 1.165) is 16.6 Å². The predicted molar refractivity (Wildman–Crippen MR) is 134 cm³/mol. The molecule has 36 heavy (non-hydrogen) atoms. The van der Waals surface area contributed by atoms with E-state index in [4.69, 9.17) is 11.6 Å². The first-order valence-corrected chi connectivity index (χ1v) is 11.9. The van der Waals surface area contributed by atoms with Gasteiger partial charge in [-0.2, -0.15) is 0 Å². The minimum Gasteiger partial charge on any atom is -0.480 e. The quantitative estimate of drug-likeness (QED) is 0.226. The molecule has 2 aromatic carbocycles. The molecule has 184 valence electrons. The SMILES string of the molecule is O=C(NCc1cccc2[nH]cnc12)c1ccc(C(=O)N[C@@H](CNC(=O)c2cccs2)C(=O)O)c(Cl)c1. The van der Waals surface area contributed by atoms with Crippen LogP contribution in [0.5, 0.6) is 0 Å². The molecule has 0 saturated heterocycles. The number of carbonyl (C=O) groups excluding carboxylic acids is 3. The van der Waals surface area contributed by atoms with Gasteiger partial charge < -0.3 is 26.0 Å². The highest BCUT2D eigenvalue weighted by atomic mass is 35.5. The van der Waals surface area contributed by atoms with Gasteiger partial charge in [0, 0.05) is 18.7 Å². The summed E-state index contributed by atoms with van der Waals surface area (Å²) in [5.74, 6) is -2.93. The molecule has 0 bridgehead atoms. The smallest absolute Gasteiger partial charge is 0.328 e. The molecule has 2 aromatic heterocycles. The van der Waals surface area contributed by atoms with Crippen molar-refractivity contribution < 1.29 is 24.3 Å². The van der Waals surface area contributed by atoms with E-state index in [1.807, 2.05) is 18.2 Å². The van der Waals surface area contributed by atoms with Crippen molar-refractivity contribution in [3.63, 3.8) is 0 Å². The number of hydrogen-bond donors (Lipinski definition) is 5. The normalized spacial score (nSPS) is 11.6. The van der Waals surface area contributed by atoms with Crippen molar-refractivity contribution in [1.29, 1.82) is 0 Å². The monoisotopic (exact) mass is 525 g/mol. The molecule has 10 nitrogen and oxygen atoms in total. The van der Waals surface area contributed by atoms with Gasteiger partial charge in [-0.1, -0.05) is 29.8 Å². The number of carboxylic acids is 1. The molecular formula is C24H20ClN5O5S. The Kier molecular flexibility index (Phi) is 7.62. The summed E-state index contributed by atoms with van der Waals surface area (Å²) < 4.78 is 0. The van der Waals surface area contributed by atoms with E-state index in [9.17, 15) is 24.3 Å². The van der Waals surface area contributed by atoms with Crippen LogP contribution in [0.25, 0.3) is 11.0 Å². The van der Waals surface area contributed by atoms with Crippen molar-refractivity contribution in [3.05, 3.63) is 86.8 Å². The van der Waals surface area contributed by atoms with Gasteiger partial charge in [0.2, 0.25) is 0 Å². The van der Waals surface area contributed by atoms with Gasteiger partial charge in [0.1, 0.15) is 6.04 Å². The number of H-pyrrole nitrogens is 1. The van der Waals surface area contributed by atoms with Gasteiger partial charge in [0.25, 0.3) is 17.7 Å². The lowest BCUT2D eigenvalue weighted by molar-refractivity contribution is -0.139. The number of thiophene rings is 1. The maximum absolute atomic E-state index is 12.7. The summed E-state index contributed by atoms with van der Waals surface area (Å²) in [6, 6.07) is 11.6. The van der Waals surface area contributed by atoms with E-state index >= 15 is 0 Å². The number of para-hydroxylation sites is 1. The Hall–Kier alpha value is -4.22. The van der Waals surface area contributed by atoms with Crippen LogP contribution >= 0.6 is 22.9 Å². The van der Waals surface area contributed by atoms with Crippen molar-refractivity contribution in [2.24, 2.45) is 0 Å². The average Bonchev–Trinajstić information content (AvgIpc) is 3.57. The van der Waals surface area contributed by atoms with Crippen molar-refractivity contribution in [2.75, 3.05) is 6.54 Å². The molecule has 3 amide bonds. The maximum Gasteiger partial charge on any atom is 0.328 e. The van der Waals surface area contributed by atoms with Gasteiger partial charge in [-0.3, -0.25) is 14.4 Å². The van der Waals surface area contributed by atoms with Gasteiger partial charge in [0.05, 0.1) is 32.8 Å². The lowest BCUT2D eigenvalue weighted by Crippen LogP contribution is -2.48. The van der Waals surface area contributed by atoms with Crippen molar-refractivity contribution in [3.8, 4) is 0 Å². The van der Waals surface area contributed by atoms with Crippen molar-refractivity contribution in [2.45, 2.75) is 12.6 Å². The van der Waals surface area contributed by atoms with Gasteiger partial charge in [-0.25, -0.2) is 9.78 Å². The lowest BCUT2D eigenvalue weighted by Gasteiger charge is -2.16. The highest BCUT2D eigenvalue weighted by Gasteiger charge is 2.23. The van der Waals surface area contributed by atoms with Gasteiger partial charge in [0.15, 0.2) is 0 Å². The fraction of sp³-hybridized carbons (Fsp3) is 0.125. The Labute approximate surface area is 213 Å². The zero-order valence-corrected chi connectivity index (χ0v) is 20.2. The van der Waals surface area contributed by atoms with Crippen molar-refractivity contribution >= 4 is 57.7 Å². The predicted octanol–water partition coefficient (Wildman–Crippen LogP) is 2.82. The number of imidazole rings is 1. The third-order valence-electron chi connectivity index (χ3n) is 5.26. The Morgan fingerprint density at radius 1 is 1.03 bits per heavy atom. The first-order valence-electron chi connectivity index (χ1n) is 10.7. The van der Waals surface area contributed by atoms with Crippen LogP contribution < -0.4 is 16.0 Å². The van der Waals surface area contributed by atoms with E-state index < -0.39 is 29.7 Å². The number of carbonyl (C=O) groups is 4. The molecule has 0 aliphatic carbocycles. The third kappa shape index (κ3) is 5.70. The molecule has 0 aliphatic rings. The molecule has 0 unspecified atom stereocenters. The molecule has 0 radical (unpaired) electrons. The van der Waals surface area contributed by atoms with Crippen LogP contribution in [-0.4, -0.2) is 51.4 Å². The second kappa shape index (κ2) is 11.0. The first-order chi connectivity index (χ1) is 17.3. The second-order valence-electron chi connectivity index (χ2n) is 7.64. The number of fused-ring (bicyclic) bond motifs is 1. The summed E-state index contributed by atoms with van der Waals surface area (Å²) in [4.78, 5) is 56.6. The second-order valence-corrected chi connectivity index (χ2v) is 9.00. The number of aliphatic carboxylic acids is 1. The summed E-state index contributed by atoms with van der Waals surface area (Å²) in [6.07, 6.45) is 1.58. The highest BCUT2D eigenvalue weighted by molar-refractivity contribution is 7.12. The third-order valence-corrected chi connectivity index (χ3v) is 6.45. The molecule has 0 aliphatic heterocycles. The minimum atomic E-state index is -1.38. The molecule has 4 aromatic rings. The van der Waals surface area contributed by atoms with Crippen LogP contribution in [0.3, 0.4) is 0 Å².